The number of hydrogen-bond donors (Lipinski definition) is 1. The number of hydrogen-bond acceptors (Lipinski definition) is 1. The minimum absolute atomic E-state index is 0.360. The molecule has 1 heteroatoms. The van der Waals surface area contributed by atoms with Crippen molar-refractivity contribution in [3.05, 3.63) is 89.5 Å². The highest BCUT2D eigenvalue weighted by molar-refractivity contribution is 6.14. The van der Waals surface area contributed by atoms with Gasteiger partial charge in [-0.1, -0.05) is 66.7 Å². The van der Waals surface area contributed by atoms with Crippen LogP contribution < -0.4 is 0 Å². The maximum atomic E-state index is 10.8. The summed E-state index contributed by atoms with van der Waals surface area (Å²) in [6.45, 7) is 0. The van der Waals surface area contributed by atoms with Crippen molar-refractivity contribution < 1.29 is 5.11 Å². The Morgan fingerprint density at radius 1 is 0.609 bits per heavy atom. The molecule has 4 aromatic rings. The fourth-order valence-corrected chi connectivity index (χ4v) is 3.64. The Bertz CT molecular complexity index is 1110. The zero-order valence-corrected chi connectivity index (χ0v) is 12.5. The third-order valence-electron chi connectivity index (χ3n) is 4.72. The molecule has 1 nitrogen and oxygen atoms in total. The fourth-order valence-electron chi connectivity index (χ4n) is 3.64. The molecule has 1 aliphatic rings. The summed E-state index contributed by atoms with van der Waals surface area (Å²) in [5.41, 5.74) is 4.41. The molecule has 0 heterocycles. The van der Waals surface area contributed by atoms with E-state index in [1.165, 1.54) is 21.9 Å². The van der Waals surface area contributed by atoms with E-state index in [4.69, 9.17) is 0 Å². The lowest BCUT2D eigenvalue weighted by Gasteiger charge is -2.11. The van der Waals surface area contributed by atoms with Gasteiger partial charge >= 0.3 is 0 Å². The van der Waals surface area contributed by atoms with Gasteiger partial charge < -0.3 is 5.11 Å². The molecule has 0 aromatic heterocycles. The minimum Gasteiger partial charge on any atom is -0.507 e. The highest BCUT2D eigenvalue weighted by atomic mass is 16.3. The topological polar surface area (TPSA) is 20.2 Å². The first kappa shape index (κ1) is 12.5. The summed E-state index contributed by atoms with van der Waals surface area (Å²) < 4.78 is 0. The second-order valence-corrected chi connectivity index (χ2v) is 5.99. The van der Waals surface area contributed by atoms with Crippen LogP contribution in [0.3, 0.4) is 0 Å². The normalized spacial score (nSPS) is 12.8. The van der Waals surface area contributed by atoms with Crippen LogP contribution in [0.4, 0.5) is 0 Å². The van der Waals surface area contributed by atoms with Crippen LogP contribution in [0, 0.1) is 0 Å². The molecular formula is C22H14O. The first-order chi connectivity index (χ1) is 11.3. The highest BCUT2D eigenvalue weighted by Gasteiger charge is 2.20. The minimum atomic E-state index is 0.360. The summed E-state index contributed by atoms with van der Waals surface area (Å²) in [6, 6.07) is 24.8. The lowest BCUT2D eigenvalue weighted by molar-refractivity contribution is 0.480. The Morgan fingerprint density at radius 2 is 1.39 bits per heavy atom. The SMILES string of the molecule is Oc1c(C2=Cc3cccc4cccc2c34)ccc2ccccc12. The Balaban J connectivity index is 1.82. The van der Waals surface area contributed by atoms with Gasteiger partial charge in [-0.25, -0.2) is 0 Å². The Morgan fingerprint density at radius 3 is 2.30 bits per heavy atom. The summed E-state index contributed by atoms with van der Waals surface area (Å²) >= 11 is 0. The third-order valence-corrected chi connectivity index (χ3v) is 4.72. The van der Waals surface area contributed by atoms with Crippen LogP contribution in [0.15, 0.2) is 72.8 Å². The van der Waals surface area contributed by atoms with Crippen molar-refractivity contribution in [1.29, 1.82) is 0 Å². The molecule has 23 heavy (non-hydrogen) atoms. The summed E-state index contributed by atoms with van der Waals surface area (Å²) in [7, 11) is 0. The number of phenols is 1. The zero-order chi connectivity index (χ0) is 15.4. The second-order valence-electron chi connectivity index (χ2n) is 5.99. The van der Waals surface area contributed by atoms with Gasteiger partial charge in [0, 0.05) is 10.9 Å². The van der Waals surface area contributed by atoms with Crippen LogP contribution in [0.1, 0.15) is 16.7 Å². The predicted octanol–water partition coefficient (Wildman–Crippen LogP) is 5.60. The predicted molar refractivity (Wildman–Crippen MR) is 96.5 cm³/mol. The van der Waals surface area contributed by atoms with Crippen LogP contribution in [0.5, 0.6) is 5.75 Å². The lowest BCUT2D eigenvalue weighted by atomic mass is 9.95. The van der Waals surface area contributed by atoms with Gasteiger partial charge in [0.05, 0.1) is 0 Å². The Hall–Kier alpha value is -3.06. The van der Waals surface area contributed by atoms with Crippen molar-refractivity contribution in [3.8, 4) is 5.75 Å². The van der Waals surface area contributed by atoms with Crippen molar-refractivity contribution in [1.82, 2.24) is 0 Å². The number of fused-ring (bicyclic) bond motifs is 1. The molecule has 0 fully saturated rings. The van der Waals surface area contributed by atoms with Crippen LogP contribution in [-0.2, 0) is 0 Å². The molecule has 0 atom stereocenters. The Labute approximate surface area is 134 Å². The molecule has 108 valence electrons. The van der Waals surface area contributed by atoms with Gasteiger partial charge in [-0.15, -0.1) is 0 Å². The number of phenolic OH excluding ortho intramolecular Hbond substituents is 1. The summed E-state index contributed by atoms with van der Waals surface area (Å²) in [6.07, 6.45) is 2.18. The molecule has 5 rings (SSSR count). The van der Waals surface area contributed by atoms with Crippen LogP contribution >= 0.6 is 0 Å². The maximum Gasteiger partial charge on any atom is 0.131 e. The molecule has 0 bridgehead atoms. The van der Waals surface area contributed by atoms with E-state index in [1.807, 2.05) is 30.3 Å². The van der Waals surface area contributed by atoms with Gasteiger partial charge in [-0.2, -0.15) is 0 Å². The van der Waals surface area contributed by atoms with Gasteiger partial charge in [0.1, 0.15) is 5.75 Å². The zero-order valence-electron chi connectivity index (χ0n) is 12.5. The van der Waals surface area contributed by atoms with Gasteiger partial charge in [0.2, 0.25) is 0 Å². The molecular weight excluding hydrogens is 280 g/mol. The van der Waals surface area contributed by atoms with Gasteiger partial charge in [-0.3, -0.25) is 0 Å². The number of aromatic hydroxyl groups is 1. The molecule has 0 saturated carbocycles. The third kappa shape index (κ3) is 1.68. The van der Waals surface area contributed by atoms with E-state index in [1.54, 1.807) is 0 Å². The largest absolute Gasteiger partial charge is 0.507 e. The lowest BCUT2D eigenvalue weighted by Crippen LogP contribution is -1.87. The van der Waals surface area contributed by atoms with E-state index in [0.717, 1.165) is 21.9 Å². The first-order valence-electron chi connectivity index (χ1n) is 7.78. The van der Waals surface area contributed by atoms with Crippen molar-refractivity contribution in [2.24, 2.45) is 0 Å². The van der Waals surface area contributed by atoms with E-state index in [9.17, 15) is 5.11 Å². The molecule has 0 saturated heterocycles. The molecule has 0 unspecified atom stereocenters. The summed E-state index contributed by atoms with van der Waals surface area (Å²) in [4.78, 5) is 0. The van der Waals surface area contributed by atoms with Crippen LogP contribution in [0.25, 0.3) is 33.2 Å². The monoisotopic (exact) mass is 294 g/mol. The van der Waals surface area contributed by atoms with E-state index in [0.29, 0.717) is 5.75 Å². The highest BCUT2D eigenvalue weighted by Crippen LogP contribution is 2.43. The van der Waals surface area contributed by atoms with E-state index in [-0.39, 0.29) is 0 Å². The standard InChI is InChI=1S/C22H14O/c23-22-17-9-2-1-5-14(17)11-12-19(22)20-13-16-8-3-6-15-7-4-10-18(20)21(15)16/h1-13,23H. The molecule has 1 aliphatic carbocycles. The van der Waals surface area contributed by atoms with E-state index in [2.05, 4.69) is 48.5 Å². The average Bonchev–Trinajstić information content (AvgIpc) is 2.97. The smallest absolute Gasteiger partial charge is 0.131 e. The Kier molecular flexibility index (Phi) is 2.42. The molecule has 0 spiro atoms. The maximum absolute atomic E-state index is 10.8. The quantitative estimate of drug-likeness (QED) is 0.426. The van der Waals surface area contributed by atoms with Gasteiger partial charge in [0.15, 0.2) is 0 Å². The number of benzene rings is 4. The summed E-state index contributed by atoms with van der Waals surface area (Å²) in [5.74, 6) is 0.360. The second kappa shape index (κ2) is 4.47. The van der Waals surface area contributed by atoms with E-state index < -0.39 is 0 Å². The fraction of sp³-hybridized carbons (Fsp3) is 0. The van der Waals surface area contributed by atoms with Gasteiger partial charge in [0.25, 0.3) is 0 Å². The van der Waals surface area contributed by atoms with Crippen molar-refractivity contribution in [3.63, 3.8) is 0 Å². The average molecular weight is 294 g/mol. The summed E-state index contributed by atoms with van der Waals surface area (Å²) in [5, 5.41) is 15.3. The van der Waals surface area contributed by atoms with E-state index >= 15 is 0 Å². The van der Waals surface area contributed by atoms with Crippen LogP contribution in [0.2, 0.25) is 0 Å². The number of rotatable bonds is 1. The van der Waals surface area contributed by atoms with Crippen molar-refractivity contribution >= 4 is 33.2 Å². The first-order valence-corrected chi connectivity index (χ1v) is 7.78. The van der Waals surface area contributed by atoms with Crippen molar-refractivity contribution in [2.45, 2.75) is 0 Å². The molecule has 0 radical (unpaired) electrons. The molecule has 4 aromatic carbocycles. The van der Waals surface area contributed by atoms with Crippen molar-refractivity contribution in [2.75, 3.05) is 0 Å². The van der Waals surface area contributed by atoms with Gasteiger partial charge in [-0.05, 0) is 45.0 Å². The molecule has 0 aliphatic heterocycles. The van der Waals surface area contributed by atoms with Crippen LogP contribution in [-0.4, -0.2) is 5.11 Å². The molecule has 0 amide bonds. The molecule has 1 N–H and O–H groups in total.